The van der Waals surface area contributed by atoms with Gasteiger partial charge in [-0.15, -0.1) is 0 Å². The second kappa shape index (κ2) is 11.0. The van der Waals surface area contributed by atoms with Gasteiger partial charge in [0.25, 0.3) is 0 Å². The number of nitrogens with zero attached hydrogens (tertiary/aromatic N) is 2. The molecule has 1 heterocycles. The third-order valence-corrected chi connectivity index (χ3v) is 6.52. The van der Waals surface area contributed by atoms with Crippen molar-refractivity contribution in [1.82, 2.24) is 0 Å². The van der Waals surface area contributed by atoms with Crippen molar-refractivity contribution in [3.05, 3.63) is 58.7 Å². The summed E-state index contributed by atoms with van der Waals surface area (Å²) in [7, 11) is 0. The first-order chi connectivity index (χ1) is 15.7. The second-order valence-corrected chi connectivity index (χ2v) is 12.4. The number of hydrogen-bond acceptors (Lipinski definition) is 3. The van der Waals surface area contributed by atoms with Gasteiger partial charge in [-0.3, -0.25) is 0 Å². The molecule has 35 heavy (non-hydrogen) atoms. The smallest absolute Gasteiger partial charge is 0.236 e. The third kappa shape index (κ3) is 6.85. The molecule has 0 N–H and O–H groups in total. The number of aliphatic imine (C=N–C) groups is 2. The van der Waals surface area contributed by atoms with Crippen molar-refractivity contribution < 1.29 is 21.2 Å². The summed E-state index contributed by atoms with van der Waals surface area (Å²) in [6, 6.07) is 13.3. The van der Waals surface area contributed by atoms with E-state index in [-0.39, 0.29) is 33.4 Å². The largest absolute Gasteiger partial charge is 0.473 e. The fourth-order valence-corrected chi connectivity index (χ4v) is 4.46. The maximum Gasteiger partial charge on any atom is 0.236 e. The van der Waals surface area contributed by atoms with Crippen LogP contribution in [0.2, 0.25) is 0 Å². The monoisotopic (exact) mass is 518 g/mol. The molecule has 1 saturated heterocycles. The van der Waals surface area contributed by atoms with Gasteiger partial charge in [0, 0.05) is 22.9 Å². The number of hydrogen-bond donors (Lipinski definition) is 0. The van der Waals surface area contributed by atoms with Gasteiger partial charge in [-0.2, -0.15) is 0 Å². The summed E-state index contributed by atoms with van der Waals surface area (Å²) < 4.78 is 6.26. The molecule has 3 rings (SSSR count). The first kappa shape index (κ1) is 29.3. The Balaban J connectivity index is 0.00000432. The van der Waals surface area contributed by atoms with Gasteiger partial charge in [0.2, 0.25) is 5.90 Å². The van der Waals surface area contributed by atoms with Crippen LogP contribution in [0.1, 0.15) is 117 Å². The van der Waals surface area contributed by atoms with E-state index in [1.165, 1.54) is 22.3 Å². The molecular weight excluding hydrogens is 475 g/mol. The Morgan fingerprint density at radius 1 is 0.829 bits per heavy atom. The molecule has 0 saturated carbocycles. The standard InChI is InChI=1S/C31H44N2O.Ni/c1-19(2)23-13-12-14-24(20(3)4)28(23)33-29-27(17-21(5)34-29)32-26-18-22(30(6,7)8)15-16-25(26)31(9,10)11;/h12-16,18-21H,17H2,1-11H3;. The van der Waals surface area contributed by atoms with Crippen LogP contribution in [-0.2, 0) is 32.1 Å². The average molecular weight is 519 g/mol. The van der Waals surface area contributed by atoms with Crippen LogP contribution in [0.15, 0.2) is 46.4 Å². The molecule has 0 bridgehead atoms. The second-order valence-electron chi connectivity index (χ2n) is 12.4. The Hall–Kier alpha value is -1.93. The number of ether oxygens (including phenoxy) is 1. The summed E-state index contributed by atoms with van der Waals surface area (Å²) in [6.45, 7) is 24.5. The molecule has 1 atom stereocenters. The van der Waals surface area contributed by atoms with Crippen LogP contribution in [-0.4, -0.2) is 17.7 Å². The van der Waals surface area contributed by atoms with E-state index in [1.54, 1.807) is 0 Å². The molecule has 0 spiro atoms. The molecular formula is C31H44N2NiO. The molecule has 0 aliphatic carbocycles. The Kier molecular flexibility index (Phi) is 9.21. The summed E-state index contributed by atoms with van der Waals surface area (Å²) in [5.74, 6) is 1.44. The molecule has 2 aromatic carbocycles. The van der Waals surface area contributed by atoms with E-state index in [0.29, 0.717) is 17.7 Å². The Morgan fingerprint density at radius 2 is 1.40 bits per heavy atom. The van der Waals surface area contributed by atoms with Gasteiger partial charge in [-0.05, 0) is 57.9 Å². The summed E-state index contributed by atoms with van der Waals surface area (Å²) in [4.78, 5) is 10.4. The first-order valence-electron chi connectivity index (χ1n) is 12.8. The van der Waals surface area contributed by atoms with Gasteiger partial charge in [0.1, 0.15) is 11.8 Å². The summed E-state index contributed by atoms with van der Waals surface area (Å²) >= 11 is 0. The van der Waals surface area contributed by atoms with E-state index in [2.05, 4.69) is 113 Å². The van der Waals surface area contributed by atoms with Crippen LogP contribution in [0.4, 0.5) is 11.4 Å². The number of para-hydroxylation sites is 1. The Bertz CT molecular complexity index is 1070. The molecule has 1 fully saturated rings. The van der Waals surface area contributed by atoms with Crippen molar-refractivity contribution in [2.45, 2.75) is 111 Å². The zero-order chi connectivity index (χ0) is 25.4. The Labute approximate surface area is 223 Å². The molecule has 1 aliphatic rings. The molecule has 0 amide bonds. The van der Waals surface area contributed by atoms with Crippen molar-refractivity contribution in [3.8, 4) is 0 Å². The normalized spacial score (nSPS) is 18.9. The fourth-order valence-electron chi connectivity index (χ4n) is 4.46. The van der Waals surface area contributed by atoms with Crippen LogP contribution in [0.3, 0.4) is 0 Å². The predicted molar refractivity (Wildman–Crippen MR) is 148 cm³/mol. The Morgan fingerprint density at radius 3 is 1.89 bits per heavy atom. The maximum absolute atomic E-state index is 6.26. The topological polar surface area (TPSA) is 34.0 Å². The average Bonchev–Trinajstić information content (AvgIpc) is 3.04. The minimum atomic E-state index is -0.00670. The van der Waals surface area contributed by atoms with Crippen molar-refractivity contribution >= 4 is 23.0 Å². The summed E-state index contributed by atoms with van der Waals surface area (Å²) in [6.07, 6.45) is 0.832. The fraction of sp³-hybridized carbons (Fsp3) is 0.548. The molecule has 1 unspecified atom stereocenters. The van der Waals surface area contributed by atoms with Crippen LogP contribution >= 0.6 is 0 Å². The van der Waals surface area contributed by atoms with E-state index >= 15 is 0 Å². The van der Waals surface area contributed by atoms with Crippen molar-refractivity contribution in [3.63, 3.8) is 0 Å². The maximum atomic E-state index is 6.26. The van der Waals surface area contributed by atoms with Crippen LogP contribution in [0.25, 0.3) is 0 Å². The van der Waals surface area contributed by atoms with E-state index in [1.807, 2.05) is 0 Å². The zero-order valence-corrected chi connectivity index (χ0v) is 24.5. The molecule has 194 valence electrons. The molecule has 2 aromatic rings. The minimum absolute atomic E-state index is 0. The summed E-state index contributed by atoms with van der Waals surface area (Å²) in [5, 5.41) is 0. The van der Waals surface area contributed by atoms with Crippen LogP contribution < -0.4 is 0 Å². The minimum Gasteiger partial charge on any atom is -0.473 e. The van der Waals surface area contributed by atoms with Gasteiger partial charge in [0.05, 0.1) is 11.4 Å². The van der Waals surface area contributed by atoms with E-state index in [0.717, 1.165) is 23.5 Å². The zero-order valence-electron chi connectivity index (χ0n) is 23.5. The summed E-state index contributed by atoms with van der Waals surface area (Å²) in [5.41, 5.74) is 8.12. The molecule has 4 heteroatoms. The van der Waals surface area contributed by atoms with Gasteiger partial charge in [0.15, 0.2) is 0 Å². The van der Waals surface area contributed by atoms with Gasteiger partial charge in [-0.25, -0.2) is 9.98 Å². The quantitative estimate of drug-likeness (QED) is 0.371. The van der Waals surface area contributed by atoms with E-state index in [4.69, 9.17) is 14.7 Å². The van der Waals surface area contributed by atoms with Crippen molar-refractivity contribution in [2.24, 2.45) is 9.98 Å². The number of rotatable bonds is 4. The van der Waals surface area contributed by atoms with Crippen LogP contribution in [0, 0.1) is 0 Å². The number of benzene rings is 2. The molecule has 0 radical (unpaired) electrons. The first-order valence-corrected chi connectivity index (χ1v) is 12.8. The SMILES string of the molecule is CC1CC(=Nc2cc(C(C)(C)C)ccc2C(C)(C)C)C(=Nc2c(C(C)C)cccc2C(C)C)O1.[Ni]. The molecule has 3 nitrogen and oxygen atoms in total. The van der Waals surface area contributed by atoms with E-state index < -0.39 is 0 Å². The third-order valence-electron chi connectivity index (χ3n) is 6.52. The van der Waals surface area contributed by atoms with Crippen LogP contribution in [0.5, 0.6) is 0 Å². The van der Waals surface area contributed by atoms with E-state index in [9.17, 15) is 0 Å². The van der Waals surface area contributed by atoms with Gasteiger partial charge < -0.3 is 4.74 Å². The van der Waals surface area contributed by atoms with Gasteiger partial charge >= 0.3 is 0 Å². The van der Waals surface area contributed by atoms with Crippen molar-refractivity contribution in [1.29, 1.82) is 0 Å². The van der Waals surface area contributed by atoms with Gasteiger partial charge in [-0.1, -0.05) is 99.6 Å². The van der Waals surface area contributed by atoms with Crippen molar-refractivity contribution in [2.75, 3.05) is 0 Å². The molecule has 1 aliphatic heterocycles. The predicted octanol–water partition coefficient (Wildman–Crippen LogP) is 9.14. The molecule has 0 aromatic heterocycles.